The number of likely N-dealkylation sites (N-methyl/N-ethyl adjacent to an activating group) is 1. The Morgan fingerprint density at radius 2 is 1.96 bits per heavy atom. The molecular formula is C16H20F2N5O3+. The molecule has 0 unspecified atom stereocenters. The minimum Gasteiger partial charge on any atom is -0.338 e. The third-order valence-corrected chi connectivity index (χ3v) is 4.46. The first-order valence-electron chi connectivity index (χ1n) is 7.90. The van der Waals surface area contributed by atoms with E-state index in [1.165, 1.54) is 15.6 Å². The lowest BCUT2D eigenvalue weighted by atomic mass is 10.1. The number of carbonyl (C=O) groups excluding carboxylic acids is 1. The van der Waals surface area contributed by atoms with Crippen molar-refractivity contribution < 1.29 is 24.0 Å². The molecule has 0 saturated carbocycles. The average molecular weight is 368 g/mol. The summed E-state index contributed by atoms with van der Waals surface area (Å²) in [6, 6.07) is 3.05. The van der Waals surface area contributed by atoms with E-state index in [2.05, 4.69) is 10.9 Å². The molecule has 0 aliphatic carbocycles. The number of quaternary nitrogens is 1. The lowest BCUT2D eigenvalue weighted by Crippen LogP contribution is -2.60. The number of hydrazine groups is 1. The molecule has 1 aromatic heterocycles. The number of halogens is 2. The summed E-state index contributed by atoms with van der Waals surface area (Å²) < 4.78 is 28.0. The van der Waals surface area contributed by atoms with Gasteiger partial charge in [0.05, 0.1) is 16.2 Å². The molecule has 1 aromatic carbocycles. The molecular weight excluding hydrogens is 348 g/mol. The molecule has 0 saturated heterocycles. The van der Waals surface area contributed by atoms with Crippen LogP contribution in [0.25, 0.3) is 0 Å². The number of benzene rings is 1. The van der Waals surface area contributed by atoms with Crippen molar-refractivity contribution in [3.8, 4) is 0 Å². The van der Waals surface area contributed by atoms with Gasteiger partial charge < -0.3 is 9.88 Å². The lowest BCUT2D eigenvalue weighted by molar-refractivity contribution is -0.349. The molecule has 2 heterocycles. The van der Waals surface area contributed by atoms with Crippen molar-refractivity contribution in [2.24, 2.45) is 7.05 Å². The summed E-state index contributed by atoms with van der Waals surface area (Å²) in [4.78, 5) is 11.2. The van der Waals surface area contributed by atoms with Crippen molar-refractivity contribution in [1.29, 1.82) is 0 Å². The van der Waals surface area contributed by atoms with Crippen LogP contribution in [0.3, 0.4) is 0 Å². The van der Waals surface area contributed by atoms with Gasteiger partial charge in [-0.25, -0.2) is 8.78 Å². The molecule has 0 bridgehead atoms. The first kappa shape index (κ1) is 18.4. The minimum absolute atomic E-state index is 0.0964. The summed E-state index contributed by atoms with van der Waals surface area (Å²) in [6.07, 6.45) is 0.377. The maximum atomic E-state index is 13.4. The Balaban J connectivity index is 2.03. The molecule has 1 aliphatic heterocycles. The number of nitrogens with zero attached hydrogens (tertiary/aromatic N) is 3. The van der Waals surface area contributed by atoms with E-state index in [1.54, 1.807) is 21.0 Å². The fraction of sp³-hybridized carbons (Fsp3) is 0.312. The lowest BCUT2D eigenvalue weighted by Gasteiger charge is -2.23. The number of amides is 1. The van der Waals surface area contributed by atoms with Gasteiger partial charge in [-0.3, -0.25) is 4.79 Å². The second-order valence-corrected chi connectivity index (χ2v) is 6.28. The first-order valence-corrected chi connectivity index (χ1v) is 7.90. The largest absolute Gasteiger partial charge is 0.338 e. The Bertz CT molecular complexity index is 881. The third kappa shape index (κ3) is 3.08. The average Bonchev–Trinajstić information content (AvgIpc) is 2.73. The Hall–Kier alpha value is -2.37. The normalized spacial score (nSPS) is 16.9. The number of hydrogen-bond acceptors (Lipinski definition) is 5. The van der Waals surface area contributed by atoms with Gasteiger partial charge in [-0.1, -0.05) is 0 Å². The van der Waals surface area contributed by atoms with Gasteiger partial charge in [-0.15, -0.1) is 0 Å². The predicted molar refractivity (Wildman–Crippen MR) is 89.3 cm³/mol. The fourth-order valence-corrected chi connectivity index (χ4v) is 3.18. The van der Waals surface area contributed by atoms with Crippen molar-refractivity contribution in [3.05, 3.63) is 46.8 Å². The van der Waals surface area contributed by atoms with Crippen LogP contribution in [0.5, 0.6) is 0 Å². The smallest absolute Gasteiger partial charge is 0.272 e. The Labute approximate surface area is 148 Å². The van der Waals surface area contributed by atoms with E-state index in [0.29, 0.717) is 24.2 Å². The van der Waals surface area contributed by atoms with Crippen molar-refractivity contribution in [2.75, 3.05) is 18.9 Å². The van der Waals surface area contributed by atoms with Crippen LogP contribution in [0, 0.1) is 18.6 Å². The number of carbonyl (C=O) groups is 1. The van der Waals surface area contributed by atoms with E-state index in [1.807, 2.05) is 0 Å². The van der Waals surface area contributed by atoms with Crippen molar-refractivity contribution >= 4 is 17.3 Å². The summed E-state index contributed by atoms with van der Waals surface area (Å²) in [5.41, 5.74) is 3.88. The maximum absolute atomic E-state index is 13.4. The van der Waals surface area contributed by atoms with Gasteiger partial charge in [-0.2, -0.15) is 15.4 Å². The zero-order valence-corrected chi connectivity index (χ0v) is 14.5. The third-order valence-electron chi connectivity index (χ3n) is 4.46. The highest BCUT2D eigenvalue weighted by atomic mass is 19.2. The van der Waals surface area contributed by atoms with Crippen LogP contribution in [-0.4, -0.2) is 39.5 Å². The number of anilines is 1. The van der Waals surface area contributed by atoms with E-state index >= 15 is 0 Å². The van der Waals surface area contributed by atoms with Crippen LogP contribution < -0.4 is 15.8 Å². The zero-order chi connectivity index (χ0) is 19.2. The van der Waals surface area contributed by atoms with E-state index in [9.17, 15) is 24.0 Å². The number of fused-ring (bicyclic) bond motifs is 1. The molecule has 0 radical (unpaired) electrons. The van der Waals surface area contributed by atoms with Crippen LogP contribution >= 0.6 is 0 Å². The molecule has 4 N–H and O–H groups in total. The van der Waals surface area contributed by atoms with E-state index in [4.69, 9.17) is 0 Å². The minimum atomic E-state index is -1.59. The summed E-state index contributed by atoms with van der Waals surface area (Å²) >= 11 is 0. The summed E-state index contributed by atoms with van der Waals surface area (Å²) in [5, 5.41) is 24.7. The Morgan fingerprint density at radius 3 is 2.62 bits per heavy atom. The van der Waals surface area contributed by atoms with Crippen LogP contribution in [0.4, 0.5) is 20.2 Å². The SMILES string of the molecule is Cc1c2c(c(C(=O)Nc3ccc(F)c(F)c3)n1C)CCN(C)N[N+]2(O)O. The van der Waals surface area contributed by atoms with E-state index in [0.717, 1.165) is 12.1 Å². The van der Waals surface area contributed by atoms with E-state index in [-0.39, 0.29) is 17.1 Å². The van der Waals surface area contributed by atoms with Gasteiger partial charge in [0, 0.05) is 32.4 Å². The van der Waals surface area contributed by atoms with Gasteiger partial charge in [0.15, 0.2) is 11.6 Å². The van der Waals surface area contributed by atoms with Gasteiger partial charge in [0.1, 0.15) is 5.69 Å². The standard InChI is InChI=1S/C16H19F2N5O3/c1-9-15-11(6-7-21(2)20-23(15,25)26)14(22(9)3)16(24)19-10-4-5-12(17)13(18)8-10/h4-5,8,20,25-26H,6-7H2,1-3H3/p+1. The molecule has 10 heteroatoms. The number of rotatable bonds is 2. The predicted octanol–water partition coefficient (Wildman–Crippen LogP) is 1.86. The summed E-state index contributed by atoms with van der Waals surface area (Å²) in [5.74, 6) is -2.65. The summed E-state index contributed by atoms with van der Waals surface area (Å²) in [6.45, 7) is 2.07. The molecule has 0 spiro atoms. The molecule has 1 amide bonds. The first-order chi connectivity index (χ1) is 12.1. The molecule has 2 aromatic rings. The molecule has 8 nitrogen and oxygen atoms in total. The zero-order valence-electron chi connectivity index (χ0n) is 14.5. The number of aromatic nitrogens is 1. The molecule has 3 rings (SSSR count). The Kier molecular flexibility index (Phi) is 4.54. The molecule has 1 aliphatic rings. The highest BCUT2D eigenvalue weighted by Gasteiger charge is 2.42. The fourth-order valence-electron chi connectivity index (χ4n) is 3.18. The second kappa shape index (κ2) is 6.41. The highest BCUT2D eigenvalue weighted by molar-refractivity contribution is 6.05. The van der Waals surface area contributed by atoms with Gasteiger partial charge in [-0.05, 0) is 31.0 Å². The van der Waals surface area contributed by atoms with Crippen molar-refractivity contribution in [3.63, 3.8) is 0 Å². The van der Waals surface area contributed by atoms with Crippen molar-refractivity contribution in [1.82, 2.24) is 20.0 Å². The second-order valence-electron chi connectivity index (χ2n) is 6.28. The maximum Gasteiger partial charge on any atom is 0.272 e. The van der Waals surface area contributed by atoms with Gasteiger partial charge >= 0.3 is 0 Å². The molecule has 26 heavy (non-hydrogen) atoms. The topological polar surface area (TPSA) is 89.8 Å². The quantitative estimate of drug-likeness (QED) is 0.608. The van der Waals surface area contributed by atoms with Crippen LogP contribution in [0.2, 0.25) is 0 Å². The highest BCUT2D eigenvalue weighted by Crippen LogP contribution is 2.34. The monoisotopic (exact) mass is 368 g/mol. The molecule has 0 fully saturated rings. The van der Waals surface area contributed by atoms with Crippen LogP contribution in [0.1, 0.15) is 21.7 Å². The van der Waals surface area contributed by atoms with Crippen LogP contribution in [0.15, 0.2) is 18.2 Å². The van der Waals surface area contributed by atoms with Gasteiger partial charge in [0.25, 0.3) is 5.91 Å². The Morgan fingerprint density at radius 1 is 1.27 bits per heavy atom. The molecule has 140 valence electrons. The van der Waals surface area contributed by atoms with Gasteiger partial charge in [0.2, 0.25) is 5.69 Å². The van der Waals surface area contributed by atoms with E-state index < -0.39 is 22.5 Å². The number of hydrogen-bond donors (Lipinski definition) is 4. The van der Waals surface area contributed by atoms with Crippen molar-refractivity contribution in [2.45, 2.75) is 13.3 Å². The van der Waals surface area contributed by atoms with Crippen LogP contribution in [-0.2, 0) is 13.5 Å². The number of nitrogens with one attached hydrogen (secondary N) is 2. The molecule has 0 atom stereocenters. The summed E-state index contributed by atoms with van der Waals surface area (Å²) in [7, 11) is 3.26.